The highest BCUT2D eigenvalue weighted by atomic mass is 32.2. The van der Waals surface area contributed by atoms with E-state index >= 15 is 0 Å². The number of benzene rings is 1. The van der Waals surface area contributed by atoms with E-state index in [0.717, 1.165) is 43.7 Å². The number of rotatable bonds is 5. The van der Waals surface area contributed by atoms with Gasteiger partial charge in [-0.25, -0.2) is 9.19 Å². The van der Waals surface area contributed by atoms with Crippen LogP contribution >= 0.6 is 11.8 Å². The lowest BCUT2D eigenvalue weighted by Crippen LogP contribution is -2.34. The van der Waals surface area contributed by atoms with E-state index < -0.39 is 11.0 Å². The van der Waals surface area contributed by atoms with Crippen molar-refractivity contribution in [3.63, 3.8) is 0 Å². The van der Waals surface area contributed by atoms with Crippen molar-refractivity contribution >= 4 is 28.5 Å². The second-order valence-electron chi connectivity index (χ2n) is 10.9. The van der Waals surface area contributed by atoms with Crippen molar-refractivity contribution in [2.24, 2.45) is 15.7 Å². The zero-order valence-corrected chi connectivity index (χ0v) is 21.1. The van der Waals surface area contributed by atoms with Crippen LogP contribution in [0.15, 0.2) is 52.0 Å². The van der Waals surface area contributed by atoms with Crippen LogP contribution in [0.5, 0.6) is 0 Å². The molecule has 1 atom stereocenters. The number of thioether (sulfide) groups is 1. The molecule has 2 fully saturated rings. The molecule has 1 aromatic heterocycles. The quantitative estimate of drug-likeness (QED) is 0.459. The zero-order valence-electron chi connectivity index (χ0n) is 19.5. The average molecular weight is 467 g/mol. The van der Waals surface area contributed by atoms with Crippen LogP contribution in [0.2, 0.25) is 0 Å². The van der Waals surface area contributed by atoms with Gasteiger partial charge in [-0.3, -0.25) is 0 Å². The van der Waals surface area contributed by atoms with E-state index in [-0.39, 0.29) is 10.2 Å². The molecule has 3 aliphatic rings. The van der Waals surface area contributed by atoms with Gasteiger partial charge in [0.1, 0.15) is 11.0 Å². The predicted molar refractivity (Wildman–Crippen MR) is 136 cm³/mol. The molecule has 1 aromatic carbocycles. The Kier molecular flexibility index (Phi) is 6.08. The van der Waals surface area contributed by atoms with Gasteiger partial charge in [-0.2, -0.15) is 4.40 Å². The van der Waals surface area contributed by atoms with Gasteiger partial charge in [-0.1, -0.05) is 30.3 Å². The minimum Gasteiger partial charge on any atom is -0.250 e. The standard InChI is InChI=1S/C27H34N2OS2/c1-26(2,3)32(30)29-25-23-7-5-4-6-21(23)16-27(25)14-12-20(13-15-27)22-10-11-24(28-17-22)31-18-19-8-9-19/h4-7,10-11,17,19-20H,8-9,12-16,18H2,1-3H3/t20?,27?,32-/m1/s1. The zero-order chi connectivity index (χ0) is 22.3. The topological polar surface area (TPSA) is 42.3 Å². The monoisotopic (exact) mass is 466 g/mol. The molecule has 0 saturated heterocycles. The maximum Gasteiger partial charge on any atom is 0.145 e. The fourth-order valence-electron chi connectivity index (χ4n) is 5.13. The van der Waals surface area contributed by atoms with Crippen LogP contribution in [-0.2, 0) is 17.4 Å². The lowest BCUT2D eigenvalue weighted by atomic mass is 9.67. The van der Waals surface area contributed by atoms with Crippen LogP contribution in [-0.4, -0.2) is 25.4 Å². The normalized spacial score (nSPS) is 27.6. The van der Waals surface area contributed by atoms with Gasteiger partial charge in [0.05, 0.1) is 15.5 Å². The van der Waals surface area contributed by atoms with E-state index in [9.17, 15) is 4.21 Å². The van der Waals surface area contributed by atoms with Crippen molar-refractivity contribution in [1.29, 1.82) is 0 Å². The number of nitrogens with zero attached hydrogens (tertiary/aromatic N) is 2. The molecule has 2 aromatic rings. The lowest BCUT2D eigenvalue weighted by Gasteiger charge is -2.38. The van der Waals surface area contributed by atoms with Crippen LogP contribution in [0.1, 0.15) is 81.9 Å². The van der Waals surface area contributed by atoms with Crippen LogP contribution < -0.4 is 0 Å². The third-order valence-electron chi connectivity index (χ3n) is 7.34. The Morgan fingerprint density at radius 2 is 1.84 bits per heavy atom. The molecule has 5 heteroatoms. The maximum atomic E-state index is 13.0. The molecule has 1 heterocycles. The highest BCUT2D eigenvalue weighted by molar-refractivity contribution is 7.99. The smallest absolute Gasteiger partial charge is 0.145 e. The highest BCUT2D eigenvalue weighted by Crippen LogP contribution is 2.51. The molecule has 0 N–H and O–H groups in total. The number of pyridine rings is 1. The average Bonchev–Trinajstić information content (AvgIpc) is 3.57. The summed E-state index contributed by atoms with van der Waals surface area (Å²) in [7, 11) is -1.24. The van der Waals surface area contributed by atoms with Crippen LogP contribution in [0.4, 0.5) is 0 Å². The number of hydrogen-bond acceptors (Lipinski definition) is 3. The van der Waals surface area contributed by atoms with E-state index in [0.29, 0.717) is 5.92 Å². The molecule has 3 aliphatic carbocycles. The molecule has 170 valence electrons. The molecule has 0 unspecified atom stereocenters. The van der Waals surface area contributed by atoms with E-state index in [1.54, 1.807) is 0 Å². The van der Waals surface area contributed by atoms with Crippen molar-refractivity contribution < 1.29 is 4.21 Å². The summed E-state index contributed by atoms with van der Waals surface area (Å²) in [4.78, 5) is 4.76. The van der Waals surface area contributed by atoms with Gasteiger partial charge in [0.2, 0.25) is 0 Å². The molecular formula is C27H34N2OS2. The second kappa shape index (κ2) is 8.72. The Bertz CT molecular complexity index is 1030. The van der Waals surface area contributed by atoms with Gasteiger partial charge in [0.15, 0.2) is 0 Å². The van der Waals surface area contributed by atoms with Crippen molar-refractivity contribution in [1.82, 2.24) is 4.98 Å². The first-order valence-electron chi connectivity index (χ1n) is 12.0. The van der Waals surface area contributed by atoms with Gasteiger partial charge < -0.3 is 0 Å². The summed E-state index contributed by atoms with van der Waals surface area (Å²) < 4.78 is 17.5. The summed E-state index contributed by atoms with van der Waals surface area (Å²) in [5.41, 5.74) is 5.11. The highest BCUT2D eigenvalue weighted by Gasteiger charge is 2.46. The van der Waals surface area contributed by atoms with Crippen LogP contribution in [0.25, 0.3) is 0 Å². The third kappa shape index (κ3) is 4.61. The first-order valence-corrected chi connectivity index (χ1v) is 14.1. The van der Waals surface area contributed by atoms with Gasteiger partial charge >= 0.3 is 0 Å². The van der Waals surface area contributed by atoms with Crippen LogP contribution in [0.3, 0.4) is 0 Å². The Hall–Kier alpha value is -1.46. The van der Waals surface area contributed by atoms with Gasteiger partial charge in [0.25, 0.3) is 0 Å². The molecular weight excluding hydrogens is 432 g/mol. The second-order valence-corrected chi connectivity index (χ2v) is 13.8. The summed E-state index contributed by atoms with van der Waals surface area (Å²) in [6.07, 6.45) is 10.4. The molecule has 3 nitrogen and oxygen atoms in total. The SMILES string of the molecule is CC(C)(C)[S@@](=O)N=C1c2ccccc2CC12CCC(c1ccc(SCC3CC3)nc1)CC2. The fraction of sp³-hybridized carbons (Fsp3) is 0.556. The van der Waals surface area contributed by atoms with E-state index in [2.05, 4.69) is 42.6 Å². The number of hydrogen-bond donors (Lipinski definition) is 0. The molecule has 5 rings (SSSR count). The Balaban J connectivity index is 1.32. The van der Waals surface area contributed by atoms with Crippen molar-refractivity contribution in [3.8, 4) is 0 Å². The minimum absolute atomic E-state index is 0.0363. The van der Waals surface area contributed by atoms with E-state index in [1.165, 1.54) is 40.3 Å². The minimum atomic E-state index is -1.24. The Morgan fingerprint density at radius 1 is 1.09 bits per heavy atom. The summed E-state index contributed by atoms with van der Waals surface area (Å²) in [5.74, 6) is 2.71. The third-order valence-corrected chi connectivity index (χ3v) is 9.91. The van der Waals surface area contributed by atoms with E-state index in [4.69, 9.17) is 9.38 Å². The van der Waals surface area contributed by atoms with Crippen molar-refractivity contribution in [3.05, 3.63) is 59.3 Å². The van der Waals surface area contributed by atoms with Crippen molar-refractivity contribution in [2.45, 2.75) is 81.4 Å². The van der Waals surface area contributed by atoms with E-state index in [1.807, 2.05) is 32.5 Å². The molecule has 0 bridgehead atoms. The van der Waals surface area contributed by atoms with Crippen molar-refractivity contribution in [2.75, 3.05) is 5.75 Å². The summed E-state index contributed by atoms with van der Waals surface area (Å²) in [6, 6.07) is 13.1. The van der Waals surface area contributed by atoms with Gasteiger partial charge in [-0.05, 0) is 94.7 Å². The lowest BCUT2D eigenvalue weighted by molar-refractivity contribution is 0.266. The predicted octanol–water partition coefficient (Wildman–Crippen LogP) is 6.74. The van der Waals surface area contributed by atoms with Crippen LogP contribution in [0, 0.1) is 11.3 Å². The largest absolute Gasteiger partial charge is 0.250 e. The van der Waals surface area contributed by atoms with Gasteiger partial charge in [-0.15, -0.1) is 11.8 Å². The first-order chi connectivity index (χ1) is 15.3. The van der Waals surface area contributed by atoms with Gasteiger partial charge in [0, 0.05) is 22.9 Å². The molecule has 2 saturated carbocycles. The summed E-state index contributed by atoms with van der Waals surface area (Å²) >= 11 is 1.91. The fourth-order valence-corrected chi connectivity index (χ4v) is 6.89. The number of fused-ring (bicyclic) bond motifs is 1. The molecule has 0 aliphatic heterocycles. The molecule has 0 radical (unpaired) electrons. The Morgan fingerprint density at radius 3 is 2.50 bits per heavy atom. The summed E-state index contributed by atoms with van der Waals surface area (Å²) in [5, 5.41) is 1.17. The molecule has 32 heavy (non-hydrogen) atoms. The molecule has 0 amide bonds. The first kappa shape index (κ1) is 22.3. The summed E-state index contributed by atoms with van der Waals surface area (Å²) in [6.45, 7) is 6.03. The molecule has 1 spiro atoms. The Labute approximate surface area is 199 Å². The maximum absolute atomic E-state index is 13.0. The number of aromatic nitrogens is 1.